The highest BCUT2D eigenvalue weighted by Gasteiger charge is 2.20. The van der Waals surface area contributed by atoms with Crippen molar-refractivity contribution in [1.29, 1.82) is 0 Å². The van der Waals surface area contributed by atoms with Gasteiger partial charge in [-0.05, 0) is 19.5 Å². The molecule has 16 heavy (non-hydrogen) atoms. The lowest BCUT2D eigenvalue weighted by molar-refractivity contribution is 0.432. The normalized spacial score (nSPS) is 12.6. The monoisotopic (exact) mass is 229 g/mol. The van der Waals surface area contributed by atoms with Crippen LogP contribution in [0, 0.1) is 17.5 Å². The zero-order valence-corrected chi connectivity index (χ0v) is 9.28. The van der Waals surface area contributed by atoms with Gasteiger partial charge in [0.15, 0.2) is 17.5 Å². The molecule has 0 spiro atoms. The summed E-state index contributed by atoms with van der Waals surface area (Å²) < 4.78 is 39.3. The van der Waals surface area contributed by atoms with Gasteiger partial charge in [0.05, 0.1) is 6.04 Å². The zero-order valence-electron chi connectivity index (χ0n) is 9.28. The van der Waals surface area contributed by atoms with Crippen molar-refractivity contribution in [3.63, 3.8) is 0 Å². The van der Waals surface area contributed by atoms with Crippen molar-refractivity contribution in [2.24, 2.45) is 0 Å². The van der Waals surface area contributed by atoms with E-state index in [1.54, 1.807) is 6.92 Å². The molecule has 0 aliphatic rings. The van der Waals surface area contributed by atoms with Crippen molar-refractivity contribution in [2.75, 3.05) is 6.54 Å². The maximum Gasteiger partial charge on any atom is 0.194 e. The van der Waals surface area contributed by atoms with Gasteiger partial charge in [-0.2, -0.15) is 0 Å². The van der Waals surface area contributed by atoms with Gasteiger partial charge in [0.1, 0.15) is 0 Å². The quantitative estimate of drug-likeness (QED) is 0.616. The average molecular weight is 229 g/mol. The lowest BCUT2D eigenvalue weighted by Gasteiger charge is -2.19. The summed E-state index contributed by atoms with van der Waals surface area (Å²) in [5, 5.41) is 2.96. The highest BCUT2D eigenvalue weighted by atomic mass is 19.2. The van der Waals surface area contributed by atoms with E-state index < -0.39 is 23.5 Å². The van der Waals surface area contributed by atoms with E-state index >= 15 is 0 Å². The van der Waals surface area contributed by atoms with E-state index in [4.69, 9.17) is 0 Å². The van der Waals surface area contributed by atoms with Crippen LogP contribution in [0.1, 0.15) is 25.5 Å². The molecule has 0 radical (unpaired) electrons. The van der Waals surface area contributed by atoms with Gasteiger partial charge in [0, 0.05) is 5.56 Å². The van der Waals surface area contributed by atoms with Crippen molar-refractivity contribution in [2.45, 2.75) is 19.9 Å². The number of nitrogens with one attached hydrogen (secondary N) is 1. The minimum atomic E-state index is -1.44. The van der Waals surface area contributed by atoms with Crippen LogP contribution in [0.25, 0.3) is 0 Å². The van der Waals surface area contributed by atoms with E-state index in [-0.39, 0.29) is 5.56 Å². The summed E-state index contributed by atoms with van der Waals surface area (Å²) in [4.78, 5) is 0. The molecule has 1 nitrogen and oxygen atoms in total. The summed E-state index contributed by atoms with van der Waals surface area (Å²) in [7, 11) is 0. The maximum atomic E-state index is 13.5. The SMILES string of the molecule is C=C(C)C(NCC)c1ccc(F)c(F)c1F. The number of hydrogen-bond acceptors (Lipinski definition) is 1. The summed E-state index contributed by atoms with van der Waals surface area (Å²) in [6, 6.07) is 1.65. The summed E-state index contributed by atoms with van der Waals surface area (Å²) in [5.74, 6) is -3.78. The van der Waals surface area contributed by atoms with Crippen LogP contribution in [0.5, 0.6) is 0 Å². The van der Waals surface area contributed by atoms with Gasteiger partial charge in [-0.1, -0.05) is 25.1 Å². The smallest absolute Gasteiger partial charge is 0.194 e. The van der Waals surface area contributed by atoms with Crippen LogP contribution >= 0.6 is 0 Å². The van der Waals surface area contributed by atoms with Crippen LogP contribution < -0.4 is 5.32 Å². The molecule has 1 rings (SSSR count). The fraction of sp³-hybridized carbons (Fsp3) is 0.333. The highest BCUT2D eigenvalue weighted by Crippen LogP contribution is 2.25. The van der Waals surface area contributed by atoms with E-state index in [0.29, 0.717) is 12.1 Å². The Hall–Kier alpha value is -1.29. The average Bonchev–Trinajstić information content (AvgIpc) is 2.24. The van der Waals surface area contributed by atoms with E-state index in [9.17, 15) is 13.2 Å². The maximum absolute atomic E-state index is 13.5. The second-order valence-corrected chi connectivity index (χ2v) is 3.60. The Balaban J connectivity index is 3.20. The van der Waals surface area contributed by atoms with Gasteiger partial charge < -0.3 is 5.32 Å². The van der Waals surface area contributed by atoms with Gasteiger partial charge in [-0.25, -0.2) is 13.2 Å². The van der Waals surface area contributed by atoms with Crippen LogP contribution in [0.2, 0.25) is 0 Å². The summed E-state index contributed by atoms with van der Waals surface area (Å²) in [6.45, 7) is 7.82. The first-order valence-corrected chi connectivity index (χ1v) is 5.01. The molecule has 0 saturated carbocycles. The number of benzene rings is 1. The van der Waals surface area contributed by atoms with Crippen molar-refractivity contribution >= 4 is 0 Å². The van der Waals surface area contributed by atoms with E-state index in [1.807, 2.05) is 6.92 Å². The first kappa shape index (κ1) is 12.8. The summed E-state index contributed by atoms with van der Waals surface area (Å²) in [6.07, 6.45) is 0. The molecule has 0 saturated heterocycles. The zero-order chi connectivity index (χ0) is 12.3. The third kappa shape index (κ3) is 2.44. The molecule has 0 fully saturated rings. The molecule has 1 N–H and O–H groups in total. The predicted octanol–water partition coefficient (Wildman–Crippen LogP) is 3.33. The first-order chi connectivity index (χ1) is 7.49. The molecule has 1 aromatic rings. The third-order valence-electron chi connectivity index (χ3n) is 2.28. The standard InChI is InChI=1S/C12H14F3N/c1-4-16-12(7(2)3)8-5-6-9(13)11(15)10(8)14/h5-6,12,16H,2,4H2,1,3H3. The van der Waals surface area contributed by atoms with Crippen molar-refractivity contribution in [3.05, 3.63) is 47.3 Å². The van der Waals surface area contributed by atoms with Crippen molar-refractivity contribution in [3.8, 4) is 0 Å². The van der Waals surface area contributed by atoms with Crippen LogP contribution in [0.4, 0.5) is 13.2 Å². The van der Waals surface area contributed by atoms with Crippen LogP contribution in [0.15, 0.2) is 24.3 Å². The number of hydrogen-bond donors (Lipinski definition) is 1. The fourth-order valence-electron chi connectivity index (χ4n) is 1.52. The minimum absolute atomic E-state index is 0.0771. The van der Waals surface area contributed by atoms with Gasteiger partial charge >= 0.3 is 0 Å². The van der Waals surface area contributed by atoms with E-state index in [2.05, 4.69) is 11.9 Å². The molecule has 1 atom stereocenters. The fourth-order valence-corrected chi connectivity index (χ4v) is 1.52. The van der Waals surface area contributed by atoms with E-state index in [0.717, 1.165) is 6.07 Å². The highest BCUT2D eigenvalue weighted by molar-refractivity contribution is 5.29. The minimum Gasteiger partial charge on any atom is -0.307 e. The molecule has 0 aromatic heterocycles. The second-order valence-electron chi connectivity index (χ2n) is 3.60. The summed E-state index contributed by atoms with van der Waals surface area (Å²) >= 11 is 0. The van der Waals surface area contributed by atoms with Crippen LogP contribution in [-0.4, -0.2) is 6.54 Å². The molecule has 88 valence electrons. The van der Waals surface area contributed by atoms with Gasteiger partial charge in [0.25, 0.3) is 0 Å². The Labute approximate surface area is 93.0 Å². The van der Waals surface area contributed by atoms with Gasteiger partial charge in [-0.3, -0.25) is 0 Å². The Morgan fingerprint density at radius 3 is 2.44 bits per heavy atom. The molecule has 0 amide bonds. The first-order valence-electron chi connectivity index (χ1n) is 5.01. The number of rotatable bonds is 4. The molecule has 0 bridgehead atoms. The number of likely N-dealkylation sites (N-methyl/N-ethyl adjacent to an activating group) is 1. The molecule has 0 heterocycles. The third-order valence-corrected chi connectivity index (χ3v) is 2.28. The Kier molecular flexibility index (Phi) is 4.12. The van der Waals surface area contributed by atoms with Crippen molar-refractivity contribution in [1.82, 2.24) is 5.32 Å². The van der Waals surface area contributed by atoms with Crippen molar-refractivity contribution < 1.29 is 13.2 Å². The molecular weight excluding hydrogens is 215 g/mol. The molecule has 0 aliphatic carbocycles. The topological polar surface area (TPSA) is 12.0 Å². The largest absolute Gasteiger partial charge is 0.307 e. The van der Waals surface area contributed by atoms with Gasteiger partial charge in [0.2, 0.25) is 0 Å². The molecular formula is C12H14F3N. The Morgan fingerprint density at radius 1 is 1.31 bits per heavy atom. The molecule has 1 aromatic carbocycles. The molecule has 4 heteroatoms. The lowest BCUT2D eigenvalue weighted by atomic mass is 10.00. The van der Waals surface area contributed by atoms with Crippen LogP contribution in [-0.2, 0) is 0 Å². The Morgan fingerprint density at radius 2 is 1.94 bits per heavy atom. The van der Waals surface area contributed by atoms with E-state index in [1.165, 1.54) is 6.07 Å². The van der Waals surface area contributed by atoms with Crippen LogP contribution in [0.3, 0.4) is 0 Å². The van der Waals surface area contributed by atoms with Gasteiger partial charge in [-0.15, -0.1) is 0 Å². The predicted molar refractivity (Wildman–Crippen MR) is 57.5 cm³/mol. The lowest BCUT2D eigenvalue weighted by Crippen LogP contribution is -2.23. The summed E-state index contributed by atoms with van der Waals surface area (Å²) in [5.41, 5.74) is 0.722. The number of halogens is 3. The molecule has 0 aliphatic heterocycles. The Bertz CT molecular complexity index is 401. The second kappa shape index (κ2) is 5.16. The molecule has 1 unspecified atom stereocenters.